The van der Waals surface area contributed by atoms with E-state index in [-0.39, 0.29) is 18.9 Å². The van der Waals surface area contributed by atoms with Crippen LogP contribution in [0.3, 0.4) is 0 Å². The zero-order chi connectivity index (χ0) is 15.9. The Hall–Kier alpha value is -2.04. The van der Waals surface area contributed by atoms with Gasteiger partial charge in [-0.1, -0.05) is 19.1 Å². The fourth-order valence-electron chi connectivity index (χ4n) is 2.50. The van der Waals surface area contributed by atoms with Gasteiger partial charge in [-0.05, 0) is 42.9 Å². The van der Waals surface area contributed by atoms with E-state index in [9.17, 15) is 9.59 Å². The highest BCUT2D eigenvalue weighted by atomic mass is 16.5. The number of carboxylic acid groups (broad SMARTS) is 1. The van der Waals surface area contributed by atoms with Crippen LogP contribution in [0.2, 0.25) is 0 Å². The van der Waals surface area contributed by atoms with E-state index in [1.807, 2.05) is 17.0 Å². The van der Waals surface area contributed by atoms with Crippen LogP contribution in [-0.2, 0) is 16.0 Å². The SMILES string of the molecule is CC1CCN(C(=O)COc2ccc(CCC(=O)O)cc2)CC1. The Morgan fingerprint density at radius 3 is 2.45 bits per heavy atom. The Labute approximate surface area is 130 Å². The Balaban J connectivity index is 1.76. The maximum absolute atomic E-state index is 12.1. The van der Waals surface area contributed by atoms with E-state index < -0.39 is 5.97 Å². The number of aryl methyl sites for hydroxylation is 1. The van der Waals surface area contributed by atoms with Gasteiger partial charge in [0.25, 0.3) is 5.91 Å². The van der Waals surface area contributed by atoms with Crippen LogP contribution in [0.4, 0.5) is 0 Å². The number of ether oxygens (including phenoxy) is 1. The number of carbonyl (C=O) groups excluding carboxylic acids is 1. The molecule has 0 aliphatic carbocycles. The molecule has 1 N–H and O–H groups in total. The standard InChI is InChI=1S/C17H23NO4/c1-13-8-10-18(11-9-13)16(19)12-22-15-5-2-14(3-6-15)4-7-17(20)21/h2-3,5-6,13H,4,7-12H2,1H3,(H,20,21). The molecule has 0 aromatic heterocycles. The van der Waals surface area contributed by atoms with Gasteiger partial charge in [-0.2, -0.15) is 0 Å². The van der Waals surface area contributed by atoms with Gasteiger partial charge in [-0.25, -0.2) is 0 Å². The van der Waals surface area contributed by atoms with Gasteiger partial charge in [0.1, 0.15) is 5.75 Å². The van der Waals surface area contributed by atoms with Gasteiger partial charge in [-0.15, -0.1) is 0 Å². The summed E-state index contributed by atoms with van der Waals surface area (Å²) in [7, 11) is 0. The molecule has 1 fully saturated rings. The Morgan fingerprint density at radius 2 is 1.86 bits per heavy atom. The third-order valence-electron chi connectivity index (χ3n) is 4.05. The number of piperidine rings is 1. The van der Waals surface area contributed by atoms with Crippen molar-refractivity contribution in [3.8, 4) is 5.75 Å². The molecule has 0 bridgehead atoms. The molecule has 1 aromatic carbocycles. The van der Waals surface area contributed by atoms with Crippen LogP contribution in [0, 0.1) is 5.92 Å². The van der Waals surface area contributed by atoms with E-state index >= 15 is 0 Å². The van der Waals surface area contributed by atoms with Gasteiger partial charge in [-0.3, -0.25) is 9.59 Å². The molecular formula is C17H23NO4. The monoisotopic (exact) mass is 305 g/mol. The summed E-state index contributed by atoms with van der Waals surface area (Å²) in [5, 5.41) is 8.65. The molecule has 0 saturated carbocycles. The molecule has 1 aliphatic heterocycles. The predicted octanol–water partition coefficient (Wildman–Crippen LogP) is 2.34. The Kier molecular flexibility index (Phi) is 5.81. The number of amides is 1. The van der Waals surface area contributed by atoms with E-state index in [1.54, 1.807) is 12.1 Å². The normalized spacial score (nSPS) is 15.6. The number of hydrogen-bond acceptors (Lipinski definition) is 3. The predicted molar refractivity (Wildman–Crippen MR) is 82.9 cm³/mol. The Bertz CT molecular complexity index is 504. The smallest absolute Gasteiger partial charge is 0.303 e. The molecule has 2 rings (SSSR count). The summed E-state index contributed by atoms with van der Waals surface area (Å²) in [6.45, 7) is 3.90. The van der Waals surface area contributed by atoms with Crippen LogP contribution in [0.1, 0.15) is 31.7 Å². The molecule has 0 radical (unpaired) electrons. The maximum Gasteiger partial charge on any atom is 0.303 e. The van der Waals surface area contributed by atoms with Crippen LogP contribution in [0.25, 0.3) is 0 Å². The van der Waals surface area contributed by atoms with E-state index in [1.165, 1.54) is 0 Å². The van der Waals surface area contributed by atoms with E-state index in [4.69, 9.17) is 9.84 Å². The molecule has 0 unspecified atom stereocenters. The number of carbonyl (C=O) groups is 2. The molecule has 1 heterocycles. The zero-order valence-corrected chi connectivity index (χ0v) is 13.0. The molecule has 0 spiro atoms. The van der Waals surface area contributed by atoms with Gasteiger partial charge in [0, 0.05) is 19.5 Å². The summed E-state index contributed by atoms with van der Waals surface area (Å²) in [6, 6.07) is 7.24. The van der Waals surface area contributed by atoms with Gasteiger partial charge >= 0.3 is 5.97 Å². The van der Waals surface area contributed by atoms with Crippen LogP contribution in [0.15, 0.2) is 24.3 Å². The average Bonchev–Trinajstić information content (AvgIpc) is 2.52. The van der Waals surface area contributed by atoms with Gasteiger partial charge in [0.05, 0.1) is 0 Å². The number of rotatable bonds is 6. The lowest BCUT2D eigenvalue weighted by Gasteiger charge is -2.30. The van der Waals surface area contributed by atoms with E-state index in [0.717, 1.165) is 31.5 Å². The minimum Gasteiger partial charge on any atom is -0.484 e. The average molecular weight is 305 g/mol. The van der Waals surface area contributed by atoms with Crippen molar-refractivity contribution in [2.24, 2.45) is 5.92 Å². The number of nitrogens with zero attached hydrogens (tertiary/aromatic N) is 1. The van der Waals surface area contributed by atoms with Gasteiger partial charge in [0.2, 0.25) is 0 Å². The number of carboxylic acids is 1. The number of likely N-dealkylation sites (tertiary alicyclic amines) is 1. The van der Waals surface area contributed by atoms with Crippen molar-refractivity contribution in [3.05, 3.63) is 29.8 Å². The molecule has 5 heteroatoms. The summed E-state index contributed by atoms with van der Waals surface area (Å²) in [5.41, 5.74) is 0.950. The highest BCUT2D eigenvalue weighted by molar-refractivity contribution is 5.77. The van der Waals surface area contributed by atoms with Crippen molar-refractivity contribution in [1.82, 2.24) is 4.90 Å². The molecule has 120 valence electrons. The van der Waals surface area contributed by atoms with Crippen LogP contribution < -0.4 is 4.74 Å². The summed E-state index contributed by atoms with van der Waals surface area (Å²) in [4.78, 5) is 24.4. The molecule has 22 heavy (non-hydrogen) atoms. The fourth-order valence-corrected chi connectivity index (χ4v) is 2.50. The fraction of sp³-hybridized carbons (Fsp3) is 0.529. The lowest BCUT2D eigenvalue weighted by molar-refractivity contribution is -0.137. The van der Waals surface area contributed by atoms with E-state index in [2.05, 4.69) is 6.92 Å². The van der Waals surface area contributed by atoms with Crippen molar-refractivity contribution < 1.29 is 19.4 Å². The van der Waals surface area contributed by atoms with Crippen LogP contribution >= 0.6 is 0 Å². The Morgan fingerprint density at radius 1 is 1.23 bits per heavy atom. The summed E-state index contributed by atoms with van der Waals surface area (Å²) in [6.07, 6.45) is 2.74. The third kappa shape index (κ3) is 5.06. The lowest BCUT2D eigenvalue weighted by atomic mass is 9.99. The highest BCUT2D eigenvalue weighted by Gasteiger charge is 2.20. The molecule has 0 atom stereocenters. The molecule has 1 amide bonds. The first-order valence-corrected chi connectivity index (χ1v) is 7.76. The first-order chi connectivity index (χ1) is 10.5. The summed E-state index contributed by atoms with van der Waals surface area (Å²) in [5.74, 6) is 0.560. The minimum atomic E-state index is -0.804. The second kappa shape index (κ2) is 7.82. The number of benzene rings is 1. The quantitative estimate of drug-likeness (QED) is 0.876. The number of hydrogen-bond donors (Lipinski definition) is 1. The molecule has 1 aliphatic rings. The van der Waals surface area contributed by atoms with Crippen molar-refractivity contribution in [3.63, 3.8) is 0 Å². The first-order valence-electron chi connectivity index (χ1n) is 7.76. The first kappa shape index (κ1) is 16.3. The van der Waals surface area contributed by atoms with Crippen molar-refractivity contribution in [1.29, 1.82) is 0 Å². The van der Waals surface area contributed by atoms with Crippen molar-refractivity contribution in [2.75, 3.05) is 19.7 Å². The lowest BCUT2D eigenvalue weighted by Crippen LogP contribution is -2.40. The molecule has 1 saturated heterocycles. The largest absolute Gasteiger partial charge is 0.484 e. The summed E-state index contributed by atoms with van der Waals surface area (Å²) < 4.78 is 5.52. The second-order valence-electron chi connectivity index (χ2n) is 5.89. The van der Waals surface area contributed by atoms with Gasteiger partial charge in [0.15, 0.2) is 6.61 Å². The third-order valence-corrected chi connectivity index (χ3v) is 4.05. The second-order valence-corrected chi connectivity index (χ2v) is 5.89. The van der Waals surface area contributed by atoms with Crippen LogP contribution in [0.5, 0.6) is 5.75 Å². The van der Waals surface area contributed by atoms with Crippen molar-refractivity contribution in [2.45, 2.75) is 32.6 Å². The topological polar surface area (TPSA) is 66.8 Å². The van der Waals surface area contributed by atoms with Gasteiger partial charge < -0.3 is 14.7 Å². The maximum atomic E-state index is 12.1. The molecule has 1 aromatic rings. The van der Waals surface area contributed by atoms with E-state index in [0.29, 0.717) is 18.1 Å². The zero-order valence-electron chi connectivity index (χ0n) is 13.0. The minimum absolute atomic E-state index is 0.0295. The molecule has 5 nitrogen and oxygen atoms in total. The number of aliphatic carboxylic acids is 1. The van der Waals surface area contributed by atoms with Crippen LogP contribution in [-0.4, -0.2) is 41.6 Å². The molecular weight excluding hydrogens is 282 g/mol. The highest BCUT2D eigenvalue weighted by Crippen LogP contribution is 2.17. The van der Waals surface area contributed by atoms with Crippen molar-refractivity contribution >= 4 is 11.9 Å². The summed E-state index contributed by atoms with van der Waals surface area (Å²) >= 11 is 0.